The zero-order valence-electron chi connectivity index (χ0n) is 21.1. The van der Waals surface area contributed by atoms with Gasteiger partial charge in [0.05, 0.1) is 10.7 Å². The zero-order valence-corrected chi connectivity index (χ0v) is 22.7. The second kappa shape index (κ2) is 11.6. The van der Waals surface area contributed by atoms with E-state index in [9.17, 15) is 12.8 Å². The number of aromatic nitrogens is 2. The number of nitrogens with zero attached hydrogens (tertiary/aromatic N) is 3. The van der Waals surface area contributed by atoms with E-state index < -0.39 is 15.8 Å². The fraction of sp³-hybridized carbons (Fsp3) is 0.333. The van der Waals surface area contributed by atoms with Crippen LogP contribution in [0, 0.1) is 12.7 Å². The fourth-order valence-electron chi connectivity index (χ4n) is 4.42. The van der Waals surface area contributed by atoms with E-state index in [1.165, 1.54) is 24.3 Å². The minimum absolute atomic E-state index is 0.0619. The first-order valence-electron chi connectivity index (χ1n) is 12.1. The lowest BCUT2D eigenvalue weighted by atomic mass is 9.91. The van der Waals surface area contributed by atoms with Crippen LogP contribution in [-0.4, -0.2) is 49.5 Å². The van der Waals surface area contributed by atoms with Gasteiger partial charge in [0.1, 0.15) is 10.7 Å². The van der Waals surface area contributed by atoms with E-state index in [2.05, 4.69) is 39.0 Å². The van der Waals surface area contributed by atoms with Crippen LogP contribution in [0.15, 0.2) is 53.7 Å². The first-order valence-corrected chi connectivity index (χ1v) is 14.0. The number of hydrogen-bond acceptors (Lipinski definition) is 6. The van der Waals surface area contributed by atoms with Crippen molar-refractivity contribution in [1.29, 1.82) is 0 Å². The molecular formula is C27H31ClFN5O2S. The highest BCUT2D eigenvalue weighted by atomic mass is 35.5. The van der Waals surface area contributed by atoms with Crippen LogP contribution in [0.1, 0.15) is 42.4 Å². The van der Waals surface area contributed by atoms with Crippen molar-refractivity contribution in [2.45, 2.75) is 49.6 Å². The van der Waals surface area contributed by atoms with Gasteiger partial charge in [-0.25, -0.2) is 22.8 Å². The number of benzene rings is 2. The average Bonchev–Trinajstić information content (AvgIpc) is 2.86. The summed E-state index contributed by atoms with van der Waals surface area (Å²) in [4.78, 5) is 11.0. The van der Waals surface area contributed by atoms with Crippen LogP contribution in [0.4, 0.5) is 16.0 Å². The number of sulfonamides is 1. The van der Waals surface area contributed by atoms with Gasteiger partial charge in [-0.1, -0.05) is 35.9 Å². The molecule has 1 fully saturated rings. The molecule has 1 aromatic heterocycles. The Balaban J connectivity index is 1.40. The lowest BCUT2D eigenvalue weighted by Gasteiger charge is -2.32. The maximum Gasteiger partial charge on any atom is 0.263 e. The quantitative estimate of drug-likeness (QED) is 0.371. The maximum atomic E-state index is 14.8. The summed E-state index contributed by atoms with van der Waals surface area (Å²) in [6.07, 6.45) is 11.5. The van der Waals surface area contributed by atoms with Crippen molar-refractivity contribution in [3.05, 3.63) is 76.3 Å². The minimum atomic E-state index is -4.04. The molecule has 0 unspecified atom stereocenters. The third kappa shape index (κ3) is 6.85. The Labute approximate surface area is 222 Å². The zero-order chi connectivity index (χ0) is 26.6. The smallest absolute Gasteiger partial charge is 0.263 e. The minimum Gasteiger partial charge on any atom is -0.351 e. The van der Waals surface area contributed by atoms with Crippen LogP contribution in [-0.2, 0) is 10.0 Å². The highest BCUT2D eigenvalue weighted by molar-refractivity contribution is 7.92. The first-order chi connectivity index (χ1) is 17.6. The molecule has 1 aliphatic rings. The largest absolute Gasteiger partial charge is 0.351 e. The second-order valence-corrected chi connectivity index (χ2v) is 11.6. The SMILES string of the molecule is Cc1cc(NS(=O)(=O)c2ccccc2Cl)c(F)cc1/C=C/c1cnc(N[C@H]2CC[C@H](N(C)C)CC2)nc1. The molecule has 7 nitrogen and oxygen atoms in total. The molecule has 37 heavy (non-hydrogen) atoms. The molecule has 4 rings (SSSR count). The van der Waals surface area contributed by atoms with Crippen LogP contribution in [0.2, 0.25) is 5.02 Å². The van der Waals surface area contributed by atoms with E-state index in [0.29, 0.717) is 29.2 Å². The second-order valence-electron chi connectivity index (χ2n) is 9.51. The summed E-state index contributed by atoms with van der Waals surface area (Å²) in [6, 6.07) is 9.76. The number of anilines is 2. The van der Waals surface area contributed by atoms with Crippen molar-refractivity contribution in [3.63, 3.8) is 0 Å². The van der Waals surface area contributed by atoms with Crippen molar-refractivity contribution < 1.29 is 12.8 Å². The van der Waals surface area contributed by atoms with E-state index in [-0.39, 0.29) is 15.6 Å². The van der Waals surface area contributed by atoms with Gasteiger partial charge >= 0.3 is 0 Å². The van der Waals surface area contributed by atoms with Gasteiger partial charge in [-0.05, 0) is 82.1 Å². The number of rotatable bonds is 8. The Morgan fingerprint density at radius 1 is 1.05 bits per heavy atom. The van der Waals surface area contributed by atoms with Crippen LogP contribution in [0.5, 0.6) is 0 Å². The maximum absolute atomic E-state index is 14.8. The van der Waals surface area contributed by atoms with Crippen molar-refractivity contribution in [1.82, 2.24) is 14.9 Å². The van der Waals surface area contributed by atoms with Gasteiger partial charge in [-0.3, -0.25) is 4.72 Å². The lowest BCUT2D eigenvalue weighted by Crippen LogP contribution is -2.36. The van der Waals surface area contributed by atoms with E-state index in [1.807, 2.05) is 0 Å². The van der Waals surface area contributed by atoms with Gasteiger partial charge < -0.3 is 10.2 Å². The van der Waals surface area contributed by atoms with Gasteiger partial charge in [-0.2, -0.15) is 0 Å². The van der Waals surface area contributed by atoms with Gasteiger partial charge in [0.25, 0.3) is 10.0 Å². The lowest BCUT2D eigenvalue weighted by molar-refractivity contribution is 0.221. The molecule has 1 aliphatic carbocycles. The monoisotopic (exact) mass is 543 g/mol. The summed E-state index contributed by atoms with van der Waals surface area (Å²) < 4.78 is 42.5. The molecule has 1 saturated carbocycles. The van der Waals surface area contributed by atoms with Crippen molar-refractivity contribution in [2.24, 2.45) is 0 Å². The Bertz CT molecular complexity index is 1370. The van der Waals surface area contributed by atoms with E-state index in [4.69, 9.17) is 11.6 Å². The van der Waals surface area contributed by atoms with Crippen molar-refractivity contribution in [2.75, 3.05) is 24.1 Å². The van der Waals surface area contributed by atoms with Crippen molar-refractivity contribution >= 4 is 45.4 Å². The standard InChI is InChI=1S/C27H31ClFN5O2S/c1-18-14-25(33-37(35,36)26-7-5-4-6-23(26)28)24(29)15-20(18)9-8-19-16-30-27(31-17-19)32-21-10-12-22(13-11-21)34(2)3/h4-9,14-17,21-22,33H,10-13H2,1-3H3,(H,30,31,32)/b9-8+/t21-,22-. The molecule has 196 valence electrons. The molecule has 2 aromatic carbocycles. The summed E-state index contributed by atoms with van der Waals surface area (Å²) >= 11 is 6.01. The van der Waals surface area contributed by atoms with Crippen molar-refractivity contribution in [3.8, 4) is 0 Å². The van der Waals surface area contributed by atoms with Crippen LogP contribution in [0.25, 0.3) is 12.2 Å². The molecule has 0 amide bonds. The van der Waals surface area contributed by atoms with Gasteiger partial charge in [-0.15, -0.1) is 0 Å². The predicted molar refractivity (Wildman–Crippen MR) is 148 cm³/mol. The normalized spacial score (nSPS) is 18.3. The molecule has 0 saturated heterocycles. The predicted octanol–water partition coefficient (Wildman–Crippen LogP) is 5.83. The highest BCUT2D eigenvalue weighted by Crippen LogP contribution is 2.27. The molecule has 0 spiro atoms. The van der Waals surface area contributed by atoms with E-state index >= 15 is 0 Å². The highest BCUT2D eigenvalue weighted by Gasteiger charge is 2.23. The molecule has 0 aliphatic heterocycles. The molecule has 0 atom stereocenters. The molecular weight excluding hydrogens is 513 g/mol. The fourth-order valence-corrected chi connectivity index (χ4v) is 6.00. The third-order valence-electron chi connectivity index (χ3n) is 6.61. The van der Waals surface area contributed by atoms with Gasteiger partial charge in [0.15, 0.2) is 0 Å². The summed E-state index contributed by atoms with van der Waals surface area (Å²) in [6.45, 7) is 1.78. The van der Waals surface area contributed by atoms with Gasteiger partial charge in [0, 0.05) is 30.0 Å². The summed E-state index contributed by atoms with van der Waals surface area (Å²) in [5.41, 5.74) is 1.93. The molecule has 2 N–H and O–H groups in total. The third-order valence-corrected chi connectivity index (χ3v) is 8.48. The first kappa shape index (κ1) is 27.0. The summed E-state index contributed by atoms with van der Waals surface area (Å²) in [7, 11) is 0.216. The molecule has 0 radical (unpaired) electrons. The summed E-state index contributed by atoms with van der Waals surface area (Å²) in [5, 5.41) is 3.48. The molecule has 0 bridgehead atoms. The molecule has 10 heteroatoms. The summed E-state index contributed by atoms with van der Waals surface area (Å²) in [5.74, 6) is -0.0940. The van der Waals surface area contributed by atoms with Gasteiger partial charge in [0.2, 0.25) is 5.95 Å². The van der Waals surface area contributed by atoms with E-state index in [0.717, 1.165) is 31.2 Å². The van der Waals surface area contributed by atoms with Crippen LogP contribution >= 0.6 is 11.6 Å². The average molecular weight is 544 g/mol. The Morgan fingerprint density at radius 3 is 2.38 bits per heavy atom. The Kier molecular flexibility index (Phi) is 8.46. The van der Waals surface area contributed by atoms with Crippen LogP contribution in [0.3, 0.4) is 0 Å². The van der Waals surface area contributed by atoms with Crippen LogP contribution < -0.4 is 10.0 Å². The molecule has 1 heterocycles. The molecule has 3 aromatic rings. The number of aryl methyl sites for hydroxylation is 1. The topological polar surface area (TPSA) is 87.2 Å². The Hall–Kier alpha value is -3.01. The Morgan fingerprint density at radius 2 is 1.73 bits per heavy atom. The number of halogens is 2. The number of nitrogens with one attached hydrogen (secondary N) is 2. The number of hydrogen-bond donors (Lipinski definition) is 2. The van der Waals surface area contributed by atoms with E-state index in [1.54, 1.807) is 43.6 Å².